The van der Waals surface area contributed by atoms with Crippen LogP contribution in [0, 0.1) is 11.7 Å². The fourth-order valence-electron chi connectivity index (χ4n) is 5.03. The van der Waals surface area contributed by atoms with Gasteiger partial charge in [-0.25, -0.2) is 4.39 Å². The molecule has 0 spiro atoms. The van der Waals surface area contributed by atoms with Crippen LogP contribution < -0.4 is 10.1 Å². The molecular weight excluding hydrogens is 435 g/mol. The number of hydrogen-bond donors (Lipinski definition) is 1. The lowest BCUT2D eigenvalue weighted by atomic mass is 9.89. The number of hydrogen-bond acceptors (Lipinski definition) is 5. The Bertz CT molecular complexity index is 960. The van der Waals surface area contributed by atoms with Crippen LogP contribution in [-0.4, -0.2) is 70.0 Å². The summed E-state index contributed by atoms with van der Waals surface area (Å²) in [5.74, 6) is 0.756. The quantitative estimate of drug-likeness (QED) is 0.574. The fourth-order valence-corrected chi connectivity index (χ4v) is 5.03. The fraction of sp³-hybridized carbons (Fsp3) is 0.519. The van der Waals surface area contributed by atoms with Gasteiger partial charge in [-0.3, -0.25) is 4.79 Å². The molecule has 2 atom stereocenters. The van der Waals surface area contributed by atoms with E-state index in [2.05, 4.69) is 10.2 Å². The van der Waals surface area contributed by atoms with Gasteiger partial charge in [0.15, 0.2) is 5.60 Å². The van der Waals surface area contributed by atoms with E-state index in [1.807, 2.05) is 24.3 Å². The SMILES string of the molecule is COCCN1CCC(CNC(=O)C2(Cc3ccc(-c4cc(F)ccc4OC)cc3)CCCO2)C1. The van der Waals surface area contributed by atoms with Crippen LogP contribution in [0.4, 0.5) is 4.39 Å². The molecule has 2 aromatic rings. The Balaban J connectivity index is 1.39. The second-order valence-electron chi connectivity index (χ2n) is 9.32. The predicted molar refractivity (Wildman–Crippen MR) is 129 cm³/mol. The molecule has 0 bridgehead atoms. The number of ether oxygens (including phenoxy) is 3. The smallest absolute Gasteiger partial charge is 0.252 e. The molecule has 2 aliphatic rings. The van der Waals surface area contributed by atoms with Crippen molar-refractivity contribution in [3.05, 3.63) is 53.8 Å². The summed E-state index contributed by atoms with van der Waals surface area (Å²) in [6.45, 7) is 4.98. The highest BCUT2D eigenvalue weighted by Crippen LogP contribution is 2.33. The average molecular weight is 471 g/mol. The standard InChI is InChI=1S/C27H35FN2O4/c1-32-15-13-30-12-10-21(19-30)18-29-26(31)27(11-3-14-34-27)17-20-4-6-22(7-5-20)24-16-23(28)8-9-25(24)33-2/h4-9,16,21H,3,10-15,17-19H2,1-2H3,(H,29,31). The van der Waals surface area contributed by atoms with Crippen LogP contribution in [0.2, 0.25) is 0 Å². The molecule has 2 heterocycles. The van der Waals surface area contributed by atoms with Gasteiger partial charge in [0.25, 0.3) is 5.91 Å². The van der Waals surface area contributed by atoms with E-state index < -0.39 is 5.60 Å². The Hall–Kier alpha value is -2.48. The number of methoxy groups -OCH3 is 2. The number of carbonyl (C=O) groups excluding carboxylic acids is 1. The molecular formula is C27H35FN2O4. The molecule has 4 rings (SSSR count). The Kier molecular flexibility index (Phi) is 8.19. The zero-order chi connectivity index (χ0) is 24.0. The number of carbonyl (C=O) groups is 1. The molecule has 2 aliphatic heterocycles. The van der Waals surface area contributed by atoms with Gasteiger partial charge in [-0.1, -0.05) is 24.3 Å². The minimum absolute atomic E-state index is 0.0174. The molecule has 2 fully saturated rings. The molecule has 7 heteroatoms. The molecule has 2 saturated heterocycles. The van der Waals surface area contributed by atoms with Crippen LogP contribution in [0.25, 0.3) is 11.1 Å². The summed E-state index contributed by atoms with van der Waals surface area (Å²) >= 11 is 0. The van der Waals surface area contributed by atoms with E-state index in [0.717, 1.165) is 50.2 Å². The van der Waals surface area contributed by atoms with Crippen molar-refractivity contribution in [2.24, 2.45) is 5.92 Å². The van der Waals surface area contributed by atoms with Crippen LogP contribution in [0.3, 0.4) is 0 Å². The maximum atomic E-state index is 13.8. The summed E-state index contributed by atoms with van der Waals surface area (Å²) in [5.41, 5.74) is 1.76. The molecule has 1 N–H and O–H groups in total. The molecule has 184 valence electrons. The number of benzene rings is 2. The Morgan fingerprint density at radius 1 is 1.24 bits per heavy atom. The molecule has 0 saturated carbocycles. The second kappa shape index (κ2) is 11.3. The highest BCUT2D eigenvalue weighted by Gasteiger charge is 2.43. The lowest BCUT2D eigenvalue weighted by Crippen LogP contribution is -2.49. The highest BCUT2D eigenvalue weighted by molar-refractivity contribution is 5.86. The van der Waals surface area contributed by atoms with Crippen LogP contribution >= 0.6 is 0 Å². The maximum Gasteiger partial charge on any atom is 0.252 e. The Labute approximate surface area is 201 Å². The zero-order valence-electron chi connectivity index (χ0n) is 20.1. The van der Waals surface area contributed by atoms with Gasteiger partial charge in [0, 0.05) is 45.3 Å². The van der Waals surface area contributed by atoms with Gasteiger partial charge in [-0.2, -0.15) is 0 Å². The van der Waals surface area contributed by atoms with Gasteiger partial charge in [0.05, 0.1) is 13.7 Å². The second-order valence-corrected chi connectivity index (χ2v) is 9.32. The number of rotatable bonds is 10. The number of halogens is 1. The summed E-state index contributed by atoms with van der Waals surface area (Å²) in [5, 5.41) is 3.18. The number of nitrogens with zero attached hydrogens (tertiary/aromatic N) is 1. The van der Waals surface area contributed by atoms with Crippen molar-refractivity contribution in [2.75, 3.05) is 53.6 Å². The molecule has 0 aromatic heterocycles. The van der Waals surface area contributed by atoms with Gasteiger partial charge in [0.2, 0.25) is 0 Å². The molecule has 1 amide bonds. The first-order valence-electron chi connectivity index (χ1n) is 12.1. The largest absolute Gasteiger partial charge is 0.496 e. The van der Waals surface area contributed by atoms with E-state index in [1.165, 1.54) is 12.1 Å². The lowest BCUT2D eigenvalue weighted by molar-refractivity contribution is -0.141. The average Bonchev–Trinajstić information content (AvgIpc) is 3.52. The van der Waals surface area contributed by atoms with E-state index in [0.29, 0.717) is 43.2 Å². The van der Waals surface area contributed by atoms with Crippen molar-refractivity contribution in [3.63, 3.8) is 0 Å². The van der Waals surface area contributed by atoms with Crippen LogP contribution in [0.15, 0.2) is 42.5 Å². The summed E-state index contributed by atoms with van der Waals surface area (Å²) in [6, 6.07) is 12.4. The van der Waals surface area contributed by atoms with E-state index in [4.69, 9.17) is 14.2 Å². The van der Waals surface area contributed by atoms with Crippen molar-refractivity contribution in [1.82, 2.24) is 10.2 Å². The van der Waals surface area contributed by atoms with Crippen molar-refractivity contribution in [1.29, 1.82) is 0 Å². The van der Waals surface area contributed by atoms with Gasteiger partial charge >= 0.3 is 0 Å². The minimum atomic E-state index is -0.827. The highest BCUT2D eigenvalue weighted by atomic mass is 19.1. The first kappa shape index (κ1) is 24.6. The third kappa shape index (κ3) is 5.77. The maximum absolute atomic E-state index is 13.8. The zero-order valence-corrected chi connectivity index (χ0v) is 20.1. The molecule has 6 nitrogen and oxygen atoms in total. The molecule has 0 radical (unpaired) electrons. The van der Waals surface area contributed by atoms with Crippen molar-refractivity contribution < 1.29 is 23.4 Å². The van der Waals surface area contributed by atoms with Crippen molar-refractivity contribution in [2.45, 2.75) is 31.3 Å². The van der Waals surface area contributed by atoms with Gasteiger partial charge in [0.1, 0.15) is 11.6 Å². The molecule has 2 unspecified atom stereocenters. The summed E-state index contributed by atoms with van der Waals surface area (Å²) in [6.07, 6.45) is 3.19. The first-order valence-corrected chi connectivity index (χ1v) is 12.1. The molecule has 2 aromatic carbocycles. The number of nitrogens with one attached hydrogen (secondary N) is 1. The molecule has 34 heavy (non-hydrogen) atoms. The monoisotopic (exact) mass is 470 g/mol. The summed E-state index contributed by atoms with van der Waals surface area (Å²) < 4.78 is 30.4. The van der Waals surface area contributed by atoms with Crippen LogP contribution in [0.1, 0.15) is 24.8 Å². The number of amides is 1. The predicted octanol–water partition coefficient (Wildman–Crippen LogP) is 3.68. The van der Waals surface area contributed by atoms with Crippen LogP contribution in [0.5, 0.6) is 5.75 Å². The lowest BCUT2D eigenvalue weighted by Gasteiger charge is -2.28. The van der Waals surface area contributed by atoms with E-state index in [9.17, 15) is 9.18 Å². The normalized spacial score (nSPS) is 22.7. The van der Waals surface area contributed by atoms with Crippen molar-refractivity contribution >= 4 is 5.91 Å². The van der Waals surface area contributed by atoms with Gasteiger partial charge in [-0.15, -0.1) is 0 Å². The number of likely N-dealkylation sites (tertiary alicyclic amines) is 1. The van der Waals surface area contributed by atoms with Gasteiger partial charge < -0.3 is 24.4 Å². The first-order chi connectivity index (χ1) is 16.5. The summed E-state index contributed by atoms with van der Waals surface area (Å²) in [7, 11) is 3.30. The summed E-state index contributed by atoms with van der Waals surface area (Å²) in [4.78, 5) is 15.6. The third-order valence-corrected chi connectivity index (χ3v) is 6.97. The van der Waals surface area contributed by atoms with Crippen molar-refractivity contribution in [3.8, 4) is 16.9 Å². The Morgan fingerprint density at radius 2 is 2.06 bits per heavy atom. The Morgan fingerprint density at radius 3 is 2.76 bits per heavy atom. The molecule has 0 aliphatic carbocycles. The van der Waals surface area contributed by atoms with E-state index in [-0.39, 0.29) is 11.7 Å². The van der Waals surface area contributed by atoms with E-state index in [1.54, 1.807) is 20.3 Å². The topological polar surface area (TPSA) is 60.0 Å². The van der Waals surface area contributed by atoms with Crippen LogP contribution in [-0.2, 0) is 20.7 Å². The minimum Gasteiger partial charge on any atom is -0.496 e. The van der Waals surface area contributed by atoms with Gasteiger partial charge in [-0.05, 0) is 61.1 Å². The third-order valence-electron chi connectivity index (χ3n) is 6.97. The van der Waals surface area contributed by atoms with E-state index >= 15 is 0 Å².